The summed E-state index contributed by atoms with van der Waals surface area (Å²) in [5, 5.41) is 8.26. The highest BCUT2D eigenvalue weighted by Gasteiger charge is 2.00. The van der Waals surface area contributed by atoms with Crippen LogP contribution in [0.25, 0.3) is 0 Å². The number of rotatable bonds is 5. The van der Waals surface area contributed by atoms with Crippen LogP contribution in [0.4, 0.5) is 0 Å². The van der Waals surface area contributed by atoms with E-state index in [4.69, 9.17) is 14.7 Å². The summed E-state index contributed by atoms with van der Waals surface area (Å²) in [6.45, 7) is 1.84. The summed E-state index contributed by atoms with van der Waals surface area (Å²) in [6.07, 6.45) is 0. The van der Waals surface area contributed by atoms with Crippen LogP contribution in [-0.2, 0) is 4.79 Å². The Bertz CT molecular complexity index is 416. The fourth-order valence-corrected chi connectivity index (χ4v) is 1.00. The van der Waals surface area contributed by atoms with Crippen LogP contribution in [0.5, 0.6) is 11.5 Å². The van der Waals surface area contributed by atoms with Gasteiger partial charge in [-0.1, -0.05) is 5.92 Å². The molecule has 0 aliphatic carbocycles. The Kier molecular flexibility index (Phi) is 5.41. The first-order valence-electron chi connectivity index (χ1n) is 4.94. The van der Waals surface area contributed by atoms with E-state index in [-0.39, 0.29) is 6.61 Å². The molecule has 0 fully saturated rings. The molecule has 17 heavy (non-hydrogen) atoms. The van der Waals surface area contributed by atoms with Crippen molar-refractivity contribution in [2.24, 2.45) is 0 Å². The van der Waals surface area contributed by atoms with E-state index in [0.717, 1.165) is 0 Å². The summed E-state index contributed by atoms with van der Waals surface area (Å²) in [5.41, 5.74) is 1.48. The number of carbonyl (C=O) groups excluding carboxylic acids is 1. The third kappa shape index (κ3) is 4.91. The Balaban J connectivity index is 2.43. The molecule has 5 heteroatoms. The van der Waals surface area contributed by atoms with Gasteiger partial charge < -0.3 is 9.47 Å². The smallest absolute Gasteiger partial charge is 0.281 e. The minimum atomic E-state index is -0.608. The van der Waals surface area contributed by atoms with Crippen LogP contribution in [0.15, 0.2) is 24.3 Å². The Morgan fingerprint density at radius 1 is 1.29 bits per heavy atom. The summed E-state index contributed by atoms with van der Waals surface area (Å²) < 4.78 is 10.4. The van der Waals surface area contributed by atoms with Crippen LogP contribution in [0, 0.1) is 11.8 Å². The van der Waals surface area contributed by atoms with Crippen LogP contribution in [0.3, 0.4) is 0 Å². The fraction of sp³-hybridized carbons (Fsp3) is 0.250. The van der Waals surface area contributed by atoms with E-state index in [1.165, 1.54) is 5.48 Å². The van der Waals surface area contributed by atoms with Gasteiger partial charge in [0.05, 0.1) is 0 Å². The SMILES string of the molecule is CC#CCOc1ccc(OCC(=O)NO)cc1. The van der Waals surface area contributed by atoms with Gasteiger partial charge in [-0.25, -0.2) is 5.48 Å². The number of ether oxygens (including phenoxy) is 2. The third-order valence-corrected chi connectivity index (χ3v) is 1.81. The van der Waals surface area contributed by atoms with Crippen molar-refractivity contribution in [3.63, 3.8) is 0 Å². The Morgan fingerprint density at radius 3 is 2.41 bits per heavy atom. The molecule has 0 heterocycles. The van der Waals surface area contributed by atoms with E-state index in [0.29, 0.717) is 18.1 Å². The summed E-state index contributed by atoms with van der Waals surface area (Å²) in [7, 11) is 0. The van der Waals surface area contributed by atoms with Gasteiger partial charge in [0.15, 0.2) is 6.61 Å². The van der Waals surface area contributed by atoms with E-state index >= 15 is 0 Å². The molecule has 5 nitrogen and oxygen atoms in total. The first-order chi connectivity index (χ1) is 8.26. The molecule has 0 bridgehead atoms. The molecule has 0 spiro atoms. The van der Waals surface area contributed by atoms with Crippen LogP contribution < -0.4 is 15.0 Å². The predicted molar refractivity (Wildman–Crippen MR) is 60.8 cm³/mol. The second-order valence-electron chi connectivity index (χ2n) is 3.01. The molecule has 1 aromatic carbocycles. The topological polar surface area (TPSA) is 67.8 Å². The quantitative estimate of drug-likeness (QED) is 0.453. The molecule has 0 saturated carbocycles. The molecular formula is C12H13NO4. The number of hydrogen-bond acceptors (Lipinski definition) is 4. The second kappa shape index (κ2) is 7.14. The molecular weight excluding hydrogens is 222 g/mol. The van der Waals surface area contributed by atoms with Crippen LogP contribution in [0.1, 0.15) is 6.92 Å². The van der Waals surface area contributed by atoms with Crippen molar-refractivity contribution < 1.29 is 19.5 Å². The lowest BCUT2D eigenvalue weighted by Crippen LogP contribution is -2.25. The van der Waals surface area contributed by atoms with Crippen molar-refractivity contribution in [2.45, 2.75) is 6.92 Å². The van der Waals surface area contributed by atoms with Crippen molar-refractivity contribution in [3.8, 4) is 23.3 Å². The van der Waals surface area contributed by atoms with E-state index < -0.39 is 5.91 Å². The highest BCUT2D eigenvalue weighted by Crippen LogP contribution is 2.17. The van der Waals surface area contributed by atoms with Gasteiger partial charge in [-0.15, -0.1) is 5.92 Å². The maximum Gasteiger partial charge on any atom is 0.281 e. The highest BCUT2D eigenvalue weighted by molar-refractivity contribution is 5.76. The number of nitrogens with one attached hydrogen (secondary N) is 1. The lowest BCUT2D eigenvalue weighted by Gasteiger charge is -2.06. The summed E-state index contributed by atoms with van der Waals surface area (Å²) in [4.78, 5) is 10.7. The van der Waals surface area contributed by atoms with Gasteiger partial charge in [-0.2, -0.15) is 0 Å². The van der Waals surface area contributed by atoms with E-state index in [1.807, 2.05) is 0 Å². The summed E-state index contributed by atoms with van der Waals surface area (Å²) in [5.74, 6) is 6.08. The van der Waals surface area contributed by atoms with Crippen molar-refractivity contribution in [2.75, 3.05) is 13.2 Å². The molecule has 1 rings (SSSR count). The largest absolute Gasteiger partial charge is 0.484 e. The monoisotopic (exact) mass is 235 g/mol. The second-order valence-corrected chi connectivity index (χ2v) is 3.01. The van der Waals surface area contributed by atoms with Gasteiger partial charge in [0.2, 0.25) is 0 Å². The maximum absolute atomic E-state index is 10.7. The van der Waals surface area contributed by atoms with E-state index in [1.54, 1.807) is 31.2 Å². The first-order valence-corrected chi connectivity index (χ1v) is 4.94. The average molecular weight is 235 g/mol. The van der Waals surface area contributed by atoms with Gasteiger partial charge in [-0.05, 0) is 31.2 Å². The third-order valence-electron chi connectivity index (χ3n) is 1.81. The molecule has 2 N–H and O–H groups in total. The van der Waals surface area contributed by atoms with Gasteiger partial charge in [0.1, 0.15) is 18.1 Å². The highest BCUT2D eigenvalue weighted by atomic mass is 16.5. The molecule has 1 amide bonds. The molecule has 0 radical (unpaired) electrons. The number of benzene rings is 1. The Hall–Kier alpha value is -2.19. The first kappa shape index (κ1) is 12.9. The van der Waals surface area contributed by atoms with Crippen LogP contribution >= 0.6 is 0 Å². The maximum atomic E-state index is 10.7. The predicted octanol–water partition coefficient (Wildman–Crippen LogP) is 0.973. The Morgan fingerprint density at radius 2 is 1.88 bits per heavy atom. The van der Waals surface area contributed by atoms with Crippen LogP contribution in [-0.4, -0.2) is 24.3 Å². The van der Waals surface area contributed by atoms with Gasteiger partial charge >= 0.3 is 0 Å². The zero-order valence-electron chi connectivity index (χ0n) is 9.40. The minimum absolute atomic E-state index is 0.238. The molecule has 90 valence electrons. The van der Waals surface area contributed by atoms with Crippen molar-refractivity contribution in [3.05, 3.63) is 24.3 Å². The van der Waals surface area contributed by atoms with E-state index in [9.17, 15) is 4.79 Å². The van der Waals surface area contributed by atoms with E-state index in [2.05, 4.69) is 11.8 Å². The molecule has 0 atom stereocenters. The molecule has 0 aromatic heterocycles. The molecule has 0 aliphatic rings. The Labute approximate surface area is 99.3 Å². The zero-order valence-corrected chi connectivity index (χ0v) is 9.40. The van der Waals surface area contributed by atoms with Crippen molar-refractivity contribution in [1.29, 1.82) is 0 Å². The van der Waals surface area contributed by atoms with Crippen molar-refractivity contribution >= 4 is 5.91 Å². The molecule has 0 aliphatic heterocycles. The standard InChI is InChI=1S/C12H13NO4/c1-2-3-8-16-10-4-6-11(7-5-10)17-9-12(14)13-15/h4-7,15H,8-9H2,1H3,(H,13,14). The number of hydroxylamine groups is 1. The van der Waals surface area contributed by atoms with Crippen LogP contribution in [0.2, 0.25) is 0 Å². The van der Waals surface area contributed by atoms with Gasteiger partial charge in [0, 0.05) is 0 Å². The average Bonchev–Trinajstić information content (AvgIpc) is 2.37. The number of hydrogen-bond donors (Lipinski definition) is 2. The van der Waals surface area contributed by atoms with Gasteiger partial charge in [-0.3, -0.25) is 10.0 Å². The molecule has 0 unspecified atom stereocenters. The lowest BCUT2D eigenvalue weighted by molar-refractivity contribution is -0.131. The van der Waals surface area contributed by atoms with Crippen molar-refractivity contribution in [1.82, 2.24) is 5.48 Å². The summed E-state index contributed by atoms with van der Waals surface area (Å²) in [6, 6.07) is 6.76. The zero-order chi connectivity index (χ0) is 12.5. The molecule has 1 aromatic rings. The summed E-state index contributed by atoms with van der Waals surface area (Å²) >= 11 is 0. The normalized spacial score (nSPS) is 8.82. The fourth-order valence-electron chi connectivity index (χ4n) is 1.00. The molecule has 0 saturated heterocycles. The lowest BCUT2D eigenvalue weighted by atomic mass is 10.3. The van der Waals surface area contributed by atoms with Gasteiger partial charge in [0.25, 0.3) is 5.91 Å². The number of amides is 1. The minimum Gasteiger partial charge on any atom is -0.484 e. The number of carbonyl (C=O) groups is 1.